The van der Waals surface area contributed by atoms with Crippen molar-refractivity contribution >= 4 is 17.7 Å². The van der Waals surface area contributed by atoms with Gasteiger partial charge < -0.3 is 20.4 Å². The normalized spacial score (nSPS) is 23.5. The second kappa shape index (κ2) is 11.5. The zero-order chi connectivity index (χ0) is 22.1. The molecular formula is C23H38N4O3. The number of carbonyl (C=O) groups excluding carboxylic acids is 3. The molecule has 3 amide bonds. The highest BCUT2D eigenvalue weighted by Crippen LogP contribution is 2.28. The lowest BCUT2D eigenvalue weighted by Crippen LogP contribution is -2.60. The van der Waals surface area contributed by atoms with Crippen LogP contribution < -0.4 is 10.6 Å². The fourth-order valence-corrected chi connectivity index (χ4v) is 4.25. The second-order valence-corrected chi connectivity index (χ2v) is 7.77. The van der Waals surface area contributed by atoms with Gasteiger partial charge in [-0.3, -0.25) is 14.4 Å². The zero-order valence-electron chi connectivity index (χ0n) is 18.1. The lowest BCUT2D eigenvalue weighted by Gasteiger charge is -2.38. The van der Waals surface area contributed by atoms with E-state index in [1.54, 1.807) is 11.9 Å². The minimum Gasteiger partial charge on any atom is -0.342 e. The Morgan fingerprint density at radius 1 is 1.17 bits per heavy atom. The Morgan fingerprint density at radius 3 is 2.53 bits per heavy atom. The number of hydrogen-bond acceptors (Lipinski definition) is 4. The van der Waals surface area contributed by atoms with E-state index >= 15 is 0 Å². The quantitative estimate of drug-likeness (QED) is 0.715. The van der Waals surface area contributed by atoms with E-state index < -0.39 is 6.04 Å². The minimum absolute atomic E-state index is 0. The summed E-state index contributed by atoms with van der Waals surface area (Å²) < 4.78 is 0. The molecule has 0 saturated carbocycles. The monoisotopic (exact) mass is 418 g/mol. The molecular weight excluding hydrogens is 380 g/mol. The third kappa shape index (κ3) is 5.92. The molecule has 0 radical (unpaired) electrons. The molecule has 2 fully saturated rings. The maximum Gasteiger partial charge on any atom is 0.247 e. The van der Waals surface area contributed by atoms with Crippen molar-refractivity contribution in [1.82, 2.24) is 20.4 Å². The Balaban J connectivity index is 0.00000234. The number of rotatable bonds is 5. The highest BCUT2D eigenvalue weighted by molar-refractivity contribution is 5.90. The molecule has 2 aliphatic heterocycles. The van der Waals surface area contributed by atoms with E-state index in [0.717, 1.165) is 24.8 Å². The van der Waals surface area contributed by atoms with Crippen molar-refractivity contribution in [2.75, 3.05) is 26.7 Å². The largest absolute Gasteiger partial charge is 0.342 e. The standard InChI is InChI=1S/C21H30N4O3.C2H4.2H2/c1-15-8-9-17-10-11-24(20(27)12-16-6-4-3-5-7-16)14-18(21(28)25(15)17)23-19(26)13-22-2;1-2;;/h3-7,15,17-18,22H,8-14H2,1-2H3,(H,23,26);1-2H2;2*1H/t15-,17-,18+;;;/m1.../s1. The van der Waals surface area contributed by atoms with Crippen molar-refractivity contribution in [3.05, 3.63) is 49.1 Å². The van der Waals surface area contributed by atoms with Crippen molar-refractivity contribution < 1.29 is 17.2 Å². The van der Waals surface area contributed by atoms with E-state index in [2.05, 4.69) is 30.7 Å². The van der Waals surface area contributed by atoms with Crippen molar-refractivity contribution in [1.29, 1.82) is 0 Å². The molecule has 0 spiro atoms. The molecule has 7 nitrogen and oxygen atoms in total. The van der Waals surface area contributed by atoms with Crippen molar-refractivity contribution in [2.24, 2.45) is 0 Å². The van der Waals surface area contributed by atoms with Gasteiger partial charge in [-0.15, -0.1) is 13.2 Å². The molecule has 30 heavy (non-hydrogen) atoms. The second-order valence-electron chi connectivity index (χ2n) is 7.77. The summed E-state index contributed by atoms with van der Waals surface area (Å²) in [5.74, 6) is -0.316. The number of fused-ring (bicyclic) bond motifs is 1. The molecule has 3 rings (SSSR count). The molecule has 7 heteroatoms. The third-order valence-electron chi connectivity index (χ3n) is 5.70. The van der Waals surface area contributed by atoms with Crippen LogP contribution in [0.3, 0.4) is 0 Å². The molecule has 0 unspecified atom stereocenters. The lowest BCUT2D eigenvalue weighted by atomic mass is 10.1. The highest BCUT2D eigenvalue weighted by Gasteiger charge is 2.40. The smallest absolute Gasteiger partial charge is 0.247 e. The number of amides is 3. The molecule has 2 N–H and O–H groups in total. The first-order chi connectivity index (χ1) is 14.5. The first-order valence-corrected chi connectivity index (χ1v) is 10.6. The van der Waals surface area contributed by atoms with Crippen LogP contribution in [0.1, 0.15) is 34.6 Å². The first kappa shape index (κ1) is 23.6. The van der Waals surface area contributed by atoms with Crippen LogP contribution in [0.2, 0.25) is 0 Å². The van der Waals surface area contributed by atoms with Crippen molar-refractivity contribution in [2.45, 2.75) is 50.7 Å². The molecule has 1 aromatic carbocycles. The van der Waals surface area contributed by atoms with Crippen molar-refractivity contribution in [3.8, 4) is 0 Å². The van der Waals surface area contributed by atoms with Crippen LogP contribution in [0.15, 0.2) is 43.5 Å². The van der Waals surface area contributed by atoms with Gasteiger partial charge >= 0.3 is 0 Å². The number of hydrogen-bond donors (Lipinski definition) is 2. The topological polar surface area (TPSA) is 81.8 Å². The van der Waals surface area contributed by atoms with Crippen LogP contribution in [-0.4, -0.2) is 72.3 Å². The number of nitrogens with one attached hydrogen (secondary N) is 2. The van der Waals surface area contributed by atoms with Crippen LogP contribution in [0.4, 0.5) is 0 Å². The summed E-state index contributed by atoms with van der Waals surface area (Å²) in [5, 5.41) is 5.64. The summed E-state index contributed by atoms with van der Waals surface area (Å²) in [6.07, 6.45) is 3.00. The van der Waals surface area contributed by atoms with E-state index in [0.29, 0.717) is 13.0 Å². The molecule has 1 aromatic rings. The van der Waals surface area contributed by atoms with Gasteiger partial charge in [0.15, 0.2) is 0 Å². The van der Waals surface area contributed by atoms with E-state index in [1.807, 2.05) is 35.2 Å². The summed E-state index contributed by atoms with van der Waals surface area (Å²) in [6, 6.07) is 9.22. The summed E-state index contributed by atoms with van der Waals surface area (Å²) in [7, 11) is 1.69. The Kier molecular flexibility index (Phi) is 9.05. The highest BCUT2D eigenvalue weighted by atomic mass is 16.2. The molecule has 0 aromatic heterocycles. The summed E-state index contributed by atoms with van der Waals surface area (Å²) in [6.45, 7) is 9.02. The third-order valence-corrected chi connectivity index (χ3v) is 5.70. The summed E-state index contributed by atoms with van der Waals surface area (Å²) in [4.78, 5) is 42.0. The fourth-order valence-electron chi connectivity index (χ4n) is 4.25. The van der Waals surface area contributed by atoms with Crippen molar-refractivity contribution in [3.63, 3.8) is 0 Å². The molecule has 2 saturated heterocycles. The molecule has 2 aliphatic rings. The molecule has 0 bridgehead atoms. The van der Waals surface area contributed by atoms with Gasteiger partial charge in [-0.25, -0.2) is 0 Å². The lowest BCUT2D eigenvalue weighted by molar-refractivity contribution is -0.143. The predicted molar refractivity (Wildman–Crippen MR) is 122 cm³/mol. The maximum absolute atomic E-state index is 13.2. The van der Waals surface area contributed by atoms with E-state index in [1.165, 1.54) is 0 Å². The number of carbonyl (C=O) groups is 3. The zero-order valence-corrected chi connectivity index (χ0v) is 18.1. The Bertz CT molecular complexity index is 735. The molecule has 2 heterocycles. The van der Waals surface area contributed by atoms with Gasteiger partial charge in [-0.1, -0.05) is 30.3 Å². The molecule has 168 valence electrons. The van der Waals surface area contributed by atoms with Gasteiger partial charge in [0.25, 0.3) is 0 Å². The van der Waals surface area contributed by atoms with Crippen LogP contribution >= 0.6 is 0 Å². The Morgan fingerprint density at radius 2 is 1.87 bits per heavy atom. The minimum atomic E-state index is -0.705. The van der Waals surface area contributed by atoms with Gasteiger partial charge in [-0.2, -0.15) is 0 Å². The maximum atomic E-state index is 13.2. The van der Waals surface area contributed by atoms with E-state index in [-0.39, 0.29) is 45.7 Å². The number of benzene rings is 1. The van der Waals surface area contributed by atoms with Gasteiger partial charge in [0.2, 0.25) is 17.7 Å². The van der Waals surface area contributed by atoms with Crippen LogP contribution in [-0.2, 0) is 20.8 Å². The number of nitrogens with zero attached hydrogens (tertiary/aromatic N) is 2. The van der Waals surface area contributed by atoms with Crippen LogP contribution in [0, 0.1) is 0 Å². The van der Waals surface area contributed by atoms with E-state index in [4.69, 9.17) is 0 Å². The number of likely N-dealkylation sites (N-methyl/N-ethyl adjacent to an activating group) is 1. The van der Waals surface area contributed by atoms with Gasteiger partial charge in [0, 0.05) is 28.0 Å². The average Bonchev–Trinajstić information content (AvgIpc) is 3.10. The summed E-state index contributed by atoms with van der Waals surface area (Å²) in [5.41, 5.74) is 0.952. The molecule has 0 aliphatic carbocycles. The predicted octanol–water partition coefficient (Wildman–Crippen LogP) is 1.84. The molecule has 3 atom stereocenters. The van der Waals surface area contributed by atoms with Gasteiger partial charge in [-0.05, 0) is 38.8 Å². The average molecular weight is 419 g/mol. The van der Waals surface area contributed by atoms with Crippen LogP contribution in [0.25, 0.3) is 0 Å². The van der Waals surface area contributed by atoms with E-state index in [9.17, 15) is 14.4 Å². The van der Waals surface area contributed by atoms with Gasteiger partial charge in [0.1, 0.15) is 6.04 Å². The summed E-state index contributed by atoms with van der Waals surface area (Å²) >= 11 is 0. The van der Waals surface area contributed by atoms with Gasteiger partial charge in [0.05, 0.1) is 13.0 Å². The SMILES string of the molecule is C=C.CNCC(=O)N[C@H]1CN(C(=O)Cc2ccccc2)CC[C@H]2CC[C@@H](C)N2C1=O.[HH].[HH]. The first-order valence-electron chi connectivity index (χ1n) is 10.6. The Hall–Kier alpha value is -2.67. The fraction of sp³-hybridized carbons (Fsp3) is 0.522. The Labute approximate surface area is 182 Å². The van der Waals surface area contributed by atoms with Crippen LogP contribution in [0.5, 0.6) is 0 Å².